The molecule has 1 heterocycles. The van der Waals surface area contributed by atoms with Crippen molar-refractivity contribution in [3.05, 3.63) is 30.6 Å². The number of hydrogen-bond acceptors (Lipinski definition) is 2. The highest BCUT2D eigenvalue weighted by Gasteiger charge is 1.72. The summed E-state index contributed by atoms with van der Waals surface area (Å²) in [6.07, 6.45) is 4.97. The molecule has 1 N–H and O–H groups in total. The fourth-order valence-electron chi connectivity index (χ4n) is 0.313. The molecule has 0 bridgehead atoms. The first kappa shape index (κ1) is 14.4. The van der Waals surface area contributed by atoms with Crippen LogP contribution in [-0.4, -0.2) is 24.3 Å². The van der Waals surface area contributed by atoms with Gasteiger partial charge >= 0.3 is 0 Å². The van der Waals surface area contributed by atoms with Crippen molar-refractivity contribution in [2.75, 3.05) is 13.4 Å². The first-order chi connectivity index (χ1) is 6.27. The number of nitrogens with one attached hydrogen (secondary N) is 1. The Kier molecular flexibility index (Phi) is 15.0. The number of alkyl halides is 1. The van der Waals surface area contributed by atoms with E-state index < -0.39 is 0 Å². The van der Waals surface area contributed by atoms with E-state index in [0.29, 0.717) is 0 Å². The Morgan fingerprint density at radius 1 is 1.23 bits per heavy atom. The molecule has 0 atom stereocenters. The fraction of sp³-hybridized carbons (Fsp3) is 0.333. The second-order valence-corrected chi connectivity index (χ2v) is 1.83. The zero-order valence-corrected chi connectivity index (χ0v) is 8.88. The molecule has 13 heavy (non-hydrogen) atoms. The number of hydrogen-bond donors (Lipinski definition) is 1. The van der Waals surface area contributed by atoms with Crippen molar-refractivity contribution >= 4 is 17.5 Å². The van der Waals surface area contributed by atoms with E-state index in [0.717, 1.165) is 0 Å². The van der Waals surface area contributed by atoms with Crippen LogP contribution in [-0.2, 0) is 4.79 Å². The Morgan fingerprint density at radius 2 is 1.62 bits per heavy atom. The molecule has 0 aliphatic rings. The summed E-state index contributed by atoms with van der Waals surface area (Å²) in [4.78, 5) is 13.5. The highest BCUT2D eigenvalue weighted by Crippen LogP contribution is 1.73. The molecule has 0 spiro atoms. The minimum absolute atomic E-state index is 0.00463. The summed E-state index contributed by atoms with van der Waals surface area (Å²) in [5, 5.41) is 2.39. The predicted octanol–water partition coefficient (Wildman–Crippen LogP) is 1.69. The van der Waals surface area contributed by atoms with Gasteiger partial charge in [-0.3, -0.25) is 9.78 Å². The Balaban J connectivity index is 0. The lowest BCUT2D eigenvalue weighted by atomic mass is 10.5. The van der Waals surface area contributed by atoms with Crippen LogP contribution in [0.15, 0.2) is 30.6 Å². The Labute approximate surface area is 84.1 Å². The number of carbonyl (C=O) groups is 1. The molecule has 0 unspecified atom stereocenters. The van der Waals surface area contributed by atoms with E-state index in [9.17, 15) is 4.79 Å². The van der Waals surface area contributed by atoms with Gasteiger partial charge in [0, 0.05) is 32.7 Å². The van der Waals surface area contributed by atoms with Crippen molar-refractivity contribution in [2.24, 2.45) is 0 Å². The zero-order valence-electron chi connectivity index (χ0n) is 8.12. The molecule has 0 fully saturated rings. The Bertz CT molecular complexity index is 165. The molecule has 0 aliphatic carbocycles. The Hall–Kier alpha value is -1.09. The van der Waals surface area contributed by atoms with Gasteiger partial charge in [-0.1, -0.05) is 6.07 Å². The quantitative estimate of drug-likeness (QED) is 0.651. The summed E-state index contributed by atoms with van der Waals surface area (Å²) < 4.78 is 0. The van der Waals surface area contributed by atoms with Gasteiger partial charge in [-0.15, -0.1) is 11.6 Å². The first-order valence-electron chi connectivity index (χ1n) is 3.68. The summed E-state index contributed by atoms with van der Waals surface area (Å²) >= 11 is 4.64. The second-order valence-electron chi connectivity index (χ2n) is 1.83. The minimum Gasteiger partial charge on any atom is -0.359 e. The number of nitrogens with zero attached hydrogens (tertiary/aromatic N) is 1. The van der Waals surface area contributed by atoms with Crippen LogP contribution in [0.4, 0.5) is 0 Å². The van der Waals surface area contributed by atoms with E-state index in [1.807, 2.05) is 18.2 Å². The van der Waals surface area contributed by atoms with E-state index in [4.69, 9.17) is 0 Å². The summed E-state index contributed by atoms with van der Waals surface area (Å²) in [6, 6.07) is 5.72. The van der Waals surface area contributed by atoms with Crippen molar-refractivity contribution < 1.29 is 4.79 Å². The number of aromatic nitrogens is 1. The molecule has 0 radical (unpaired) electrons. The molecule has 0 aromatic carbocycles. The van der Waals surface area contributed by atoms with Crippen LogP contribution in [0.3, 0.4) is 0 Å². The average Bonchev–Trinajstić information content (AvgIpc) is 2.24. The molecule has 0 aliphatic heterocycles. The summed E-state index contributed by atoms with van der Waals surface area (Å²) in [5.74, 6) is 0.00463. The van der Waals surface area contributed by atoms with Gasteiger partial charge in [0.2, 0.25) is 5.91 Å². The van der Waals surface area contributed by atoms with Crippen LogP contribution in [0.25, 0.3) is 0 Å². The van der Waals surface area contributed by atoms with E-state index >= 15 is 0 Å². The van der Waals surface area contributed by atoms with E-state index in [1.54, 1.807) is 19.4 Å². The molecule has 0 saturated heterocycles. The highest BCUT2D eigenvalue weighted by atomic mass is 35.5. The Morgan fingerprint density at radius 3 is 1.69 bits per heavy atom. The number of pyridine rings is 1. The largest absolute Gasteiger partial charge is 0.359 e. The van der Waals surface area contributed by atoms with Gasteiger partial charge in [-0.25, -0.2) is 0 Å². The molecular weight excluding hydrogens is 188 g/mol. The highest BCUT2D eigenvalue weighted by molar-refractivity contribution is 6.15. The number of rotatable bonds is 0. The molecule has 3 nitrogen and oxygen atoms in total. The summed E-state index contributed by atoms with van der Waals surface area (Å²) in [6.45, 7) is 1.47. The molecule has 74 valence electrons. The summed E-state index contributed by atoms with van der Waals surface area (Å²) in [5.41, 5.74) is 0. The normalized spacial score (nSPS) is 6.77. The maximum absolute atomic E-state index is 9.70. The monoisotopic (exact) mass is 202 g/mol. The maximum atomic E-state index is 9.70. The van der Waals surface area contributed by atoms with Crippen molar-refractivity contribution in [3.8, 4) is 0 Å². The first-order valence-corrected chi connectivity index (χ1v) is 4.44. The summed E-state index contributed by atoms with van der Waals surface area (Å²) in [7, 11) is 1.60. The molecular formula is C9H15ClN2O. The van der Waals surface area contributed by atoms with Crippen LogP contribution in [0, 0.1) is 0 Å². The smallest absolute Gasteiger partial charge is 0.216 e. The zero-order chi connectivity index (χ0) is 10.5. The van der Waals surface area contributed by atoms with Crippen LogP contribution in [0.5, 0.6) is 0 Å². The third kappa shape index (κ3) is 18.1. The van der Waals surface area contributed by atoms with Crippen LogP contribution < -0.4 is 5.32 Å². The number of halogens is 1. The van der Waals surface area contributed by atoms with E-state index in [1.165, 1.54) is 13.3 Å². The lowest BCUT2D eigenvalue weighted by Crippen LogP contribution is -2.11. The SMILES string of the molecule is CCl.CNC(C)=O.c1ccncc1. The van der Waals surface area contributed by atoms with Crippen LogP contribution >= 0.6 is 11.6 Å². The van der Waals surface area contributed by atoms with Crippen LogP contribution in [0.2, 0.25) is 0 Å². The second kappa shape index (κ2) is 13.5. The van der Waals surface area contributed by atoms with Crippen LogP contribution in [0.1, 0.15) is 6.92 Å². The maximum Gasteiger partial charge on any atom is 0.216 e. The van der Waals surface area contributed by atoms with Crippen molar-refractivity contribution in [1.82, 2.24) is 10.3 Å². The number of amides is 1. The van der Waals surface area contributed by atoms with E-state index in [2.05, 4.69) is 21.9 Å². The predicted molar refractivity (Wildman–Crippen MR) is 55.8 cm³/mol. The topological polar surface area (TPSA) is 42.0 Å². The molecule has 1 rings (SSSR count). The van der Waals surface area contributed by atoms with E-state index in [-0.39, 0.29) is 5.91 Å². The fourth-order valence-corrected chi connectivity index (χ4v) is 0.313. The van der Waals surface area contributed by atoms with Gasteiger partial charge in [0.25, 0.3) is 0 Å². The molecule has 1 amide bonds. The molecule has 4 heteroatoms. The van der Waals surface area contributed by atoms with Gasteiger partial charge in [-0.2, -0.15) is 0 Å². The third-order valence-electron chi connectivity index (χ3n) is 0.919. The standard InChI is InChI=1S/C5H5N.C3H7NO.CH3Cl/c1-2-4-6-5-3-1;1-3(5)4-2;1-2/h1-5H;1-2H3,(H,4,5);1H3. The molecule has 1 aromatic rings. The lowest BCUT2D eigenvalue weighted by Gasteiger charge is -1.80. The number of carbonyl (C=O) groups excluding carboxylic acids is 1. The molecule has 1 aromatic heterocycles. The van der Waals surface area contributed by atoms with Crippen molar-refractivity contribution in [1.29, 1.82) is 0 Å². The average molecular weight is 203 g/mol. The van der Waals surface area contributed by atoms with Gasteiger partial charge < -0.3 is 5.32 Å². The third-order valence-corrected chi connectivity index (χ3v) is 0.919. The minimum atomic E-state index is 0.00463. The van der Waals surface area contributed by atoms with Crippen molar-refractivity contribution in [3.63, 3.8) is 0 Å². The van der Waals surface area contributed by atoms with Gasteiger partial charge in [0.05, 0.1) is 0 Å². The van der Waals surface area contributed by atoms with Gasteiger partial charge in [-0.05, 0) is 12.1 Å². The van der Waals surface area contributed by atoms with Gasteiger partial charge in [0.1, 0.15) is 0 Å². The lowest BCUT2D eigenvalue weighted by molar-refractivity contribution is -0.118. The van der Waals surface area contributed by atoms with Gasteiger partial charge in [0.15, 0.2) is 0 Å². The van der Waals surface area contributed by atoms with Crippen molar-refractivity contribution in [2.45, 2.75) is 6.92 Å². The molecule has 0 saturated carbocycles.